The van der Waals surface area contributed by atoms with Crippen molar-refractivity contribution in [3.8, 4) is 0 Å². The molecule has 0 radical (unpaired) electrons. The minimum absolute atomic E-state index is 0.160. The zero-order chi connectivity index (χ0) is 15.0. The molecule has 0 spiro atoms. The SMILES string of the molecule is CC1CC(C)(C)N(Cc2ccc(Cl)cc2)c2ccccc21. The molecule has 2 heteroatoms. The Bertz CT molecular complexity index is 630. The smallest absolute Gasteiger partial charge is 0.0435 e. The molecule has 110 valence electrons. The summed E-state index contributed by atoms with van der Waals surface area (Å²) in [4.78, 5) is 2.53. The Hall–Kier alpha value is -1.47. The van der Waals surface area contributed by atoms with Crippen LogP contribution in [0, 0.1) is 0 Å². The third-order valence-electron chi connectivity index (χ3n) is 4.55. The van der Waals surface area contributed by atoms with E-state index >= 15 is 0 Å². The third kappa shape index (κ3) is 2.80. The van der Waals surface area contributed by atoms with E-state index in [-0.39, 0.29) is 5.54 Å². The summed E-state index contributed by atoms with van der Waals surface area (Å²) in [5.41, 5.74) is 4.30. The number of hydrogen-bond acceptors (Lipinski definition) is 1. The summed E-state index contributed by atoms with van der Waals surface area (Å²) in [5, 5.41) is 0.797. The fourth-order valence-electron chi connectivity index (χ4n) is 3.52. The number of benzene rings is 2. The molecule has 0 saturated carbocycles. The lowest BCUT2D eigenvalue weighted by molar-refractivity contribution is 0.374. The van der Waals surface area contributed by atoms with Gasteiger partial charge in [-0.15, -0.1) is 0 Å². The zero-order valence-electron chi connectivity index (χ0n) is 12.9. The Kier molecular flexibility index (Phi) is 3.71. The molecule has 0 aliphatic carbocycles. The Labute approximate surface area is 132 Å². The van der Waals surface area contributed by atoms with Gasteiger partial charge in [-0.25, -0.2) is 0 Å². The molecule has 1 aliphatic rings. The first kappa shape index (κ1) is 14.5. The van der Waals surface area contributed by atoms with E-state index in [1.807, 2.05) is 12.1 Å². The summed E-state index contributed by atoms with van der Waals surface area (Å²) in [6.45, 7) is 7.94. The molecule has 0 fully saturated rings. The first-order valence-corrected chi connectivity index (χ1v) is 7.96. The van der Waals surface area contributed by atoms with Crippen LogP contribution in [0.15, 0.2) is 48.5 Å². The molecule has 1 heterocycles. The monoisotopic (exact) mass is 299 g/mol. The van der Waals surface area contributed by atoms with Gasteiger partial charge in [0.2, 0.25) is 0 Å². The molecule has 2 aromatic rings. The molecule has 0 N–H and O–H groups in total. The van der Waals surface area contributed by atoms with Gasteiger partial charge in [0, 0.05) is 22.8 Å². The molecule has 1 unspecified atom stereocenters. The van der Waals surface area contributed by atoms with Gasteiger partial charge in [0.25, 0.3) is 0 Å². The number of hydrogen-bond donors (Lipinski definition) is 0. The summed E-state index contributed by atoms with van der Waals surface area (Å²) < 4.78 is 0. The summed E-state index contributed by atoms with van der Waals surface area (Å²) in [6, 6.07) is 17.0. The van der Waals surface area contributed by atoms with E-state index in [1.54, 1.807) is 0 Å². The molecule has 1 atom stereocenters. The largest absolute Gasteiger partial charge is 0.362 e. The highest BCUT2D eigenvalue weighted by Gasteiger charge is 2.35. The van der Waals surface area contributed by atoms with Crippen molar-refractivity contribution in [3.05, 3.63) is 64.7 Å². The van der Waals surface area contributed by atoms with Crippen LogP contribution in [-0.2, 0) is 6.54 Å². The number of rotatable bonds is 2. The number of halogens is 1. The molecule has 1 nitrogen and oxygen atoms in total. The summed E-state index contributed by atoms with van der Waals surface area (Å²) in [7, 11) is 0. The van der Waals surface area contributed by atoms with Crippen LogP contribution in [0.1, 0.15) is 44.2 Å². The standard InChI is InChI=1S/C19H22ClN/c1-14-12-19(2,3)21(18-7-5-4-6-17(14)18)13-15-8-10-16(20)11-9-15/h4-11,14H,12-13H2,1-3H3. The second kappa shape index (κ2) is 5.38. The van der Waals surface area contributed by atoms with E-state index in [1.165, 1.54) is 23.2 Å². The first-order chi connectivity index (χ1) is 9.97. The van der Waals surface area contributed by atoms with Gasteiger partial charge in [-0.05, 0) is 55.5 Å². The second-order valence-electron chi connectivity index (χ2n) is 6.69. The van der Waals surface area contributed by atoms with Crippen LogP contribution < -0.4 is 4.90 Å². The van der Waals surface area contributed by atoms with E-state index in [9.17, 15) is 0 Å². The molecule has 21 heavy (non-hydrogen) atoms. The topological polar surface area (TPSA) is 3.24 Å². The Morgan fingerprint density at radius 2 is 1.76 bits per heavy atom. The van der Waals surface area contributed by atoms with Gasteiger partial charge < -0.3 is 4.90 Å². The molecular weight excluding hydrogens is 278 g/mol. The molecule has 0 aromatic heterocycles. The van der Waals surface area contributed by atoms with Crippen molar-refractivity contribution in [2.75, 3.05) is 4.90 Å². The summed E-state index contributed by atoms with van der Waals surface area (Å²) in [6.07, 6.45) is 1.18. The van der Waals surface area contributed by atoms with Crippen molar-refractivity contribution in [2.24, 2.45) is 0 Å². The van der Waals surface area contributed by atoms with Gasteiger partial charge in [0.05, 0.1) is 0 Å². The molecule has 2 aromatic carbocycles. The predicted octanol–water partition coefficient (Wildman–Crippen LogP) is 5.63. The highest BCUT2D eigenvalue weighted by molar-refractivity contribution is 6.30. The van der Waals surface area contributed by atoms with Gasteiger partial charge in [0.1, 0.15) is 0 Å². The molecule has 0 amide bonds. The zero-order valence-corrected chi connectivity index (χ0v) is 13.7. The van der Waals surface area contributed by atoms with E-state index in [4.69, 9.17) is 11.6 Å². The van der Waals surface area contributed by atoms with Crippen LogP contribution in [0.4, 0.5) is 5.69 Å². The Balaban J connectivity index is 1.99. The maximum Gasteiger partial charge on any atom is 0.0435 e. The Morgan fingerprint density at radius 3 is 2.48 bits per heavy atom. The quantitative estimate of drug-likeness (QED) is 0.694. The van der Waals surface area contributed by atoms with E-state index in [0.29, 0.717) is 5.92 Å². The summed E-state index contributed by atoms with van der Waals surface area (Å²) >= 11 is 6.00. The van der Waals surface area contributed by atoms with E-state index in [0.717, 1.165) is 11.6 Å². The lowest BCUT2D eigenvalue weighted by atomic mass is 9.80. The van der Waals surface area contributed by atoms with Gasteiger partial charge in [-0.1, -0.05) is 48.9 Å². The van der Waals surface area contributed by atoms with Crippen LogP contribution in [0.5, 0.6) is 0 Å². The maximum absolute atomic E-state index is 6.00. The van der Waals surface area contributed by atoms with Crippen LogP contribution >= 0.6 is 11.6 Å². The lowest BCUT2D eigenvalue weighted by Gasteiger charge is -2.47. The van der Waals surface area contributed by atoms with Crippen LogP contribution in [-0.4, -0.2) is 5.54 Å². The second-order valence-corrected chi connectivity index (χ2v) is 7.13. The normalized spacial score (nSPS) is 20.2. The van der Waals surface area contributed by atoms with Crippen molar-refractivity contribution in [1.82, 2.24) is 0 Å². The average Bonchev–Trinajstić information content (AvgIpc) is 2.45. The number of anilines is 1. The molecule has 0 bridgehead atoms. The van der Waals surface area contributed by atoms with Crippen LogP contribution in [0.2, 0.25) is 5.02 Å². The lowest BCUT2D eigenvalue weighted by Crippen LogP contribution is -2.47. The molecule has 3 rings (SSSR count). The predicted molar refractivity (Wildman–Crippen MR) is 91.2 cm³/mol. The molecule has 0 saturated heterocycles. The third-order valence-corrected chi connectivity index (χ3v) is 4.80. The Morgan fingerprint density at radius 1 is 1.10 bits per heavy atom. The van der Waals surface area contributed by atoms with Crippen LogP contribution in [0.3, 0.4) is 0 Å². The van der Waals surface area contributed by atoms with Crippen molar-refractivity contribution in [2.45, 2.75) is 45.2 Å². The minimum Gasteiger partial charge on any atom is -0.362 e. The molecular formula is C19H22ClN. The minimum atomic E-state index is 0.160. The van der Waals surface area contributed by atoms with Crippen LogP contribution in [0.25, 0.3) is 0 Å². The van der Waals surface area contributed by atoms with Gasteiger partial charge in [-0.2, -0.15) is 0 Å². The number of fused-ring (bicyclic) bond motifs is 1. The first-order valence-electron chi connectivity index (χ1n) is 7.58. The van der Waals surface area contributed by atoms with Gasteiger partial charge in [0.15, 0.2) is 0 Å². The molecule has 1 aliphatic heterocycles. The highest BCUT2D eigenvalue weighted by atomic mass is 35.5. The van der Waals surface area contributed by atoms with E-state index in [2.05, 4.69) is 62.1 Å². The van der Waals surface area contributed by atoms with Crippen molar-refractivity contribution < 1.29 is 0 Å². The van der Waals surface area contributed by atoms with Crippen molar-refractivity contribution >= 4 is 17.3 Å². The van der Waals surface area contributed by atoms with E-state index < -0.39 is 0 Å². The average molecular weight is 300 g/mol. The van der Waals surface area contributed by atoms with Gasteiger partial charge in [-0.3, -0.25) is 0 Å². The van der Waals surface area contributed by atoms with Crippen molar-refractivity contribution in [3.63, 3.8) is 0 Å². The maximum atomic E-state index is 6.00. The van der Waals surface area contributed by atoms with Crippen molar-refractivity contribution in [1.29, 1.82) is 0 Å². The highest BCUT2D eigenvalue weighted by Crippen LogP contribution is 2.43. The fraction of sp³-hybridized carbons (Fsp3) is 0.368. The summed E-state index contributed by atoms with van der Waals surface area (Å²) in [5.74, 6) is 0.609. The van der Waals surface area contributed by atoms with Gasteiger partial charge >= 0.3 is 0 Å². The number of para-hydroxylation sites is 1. The number of nitrogens with zero attached hydrogens (tertiary/aromatic N) is 1. The fourth-order valence-corrected chi connectivity index (χ4v) is 3.64.